The molecule has 0 unspecified atom stereocenters. The molecule has 0 aliphatic carbocycles. The Morgan fingerprint density at radius 2 is 1.62 bits per heavy atom. The first-order chi connectivity index (χ1) is 13.2. The average Bonchev–Trinajstić information content (AvgIpc) is 2.58. The maximum absolute atomic E-state index is 12.4. The number of methoxy groups -OCH3 is 1. The second-order valence-electron chi connectivity index (χ2n) is 10.3. The molecule has 0 saturated carbocycles. The van der Waals surface area contributed by atoms with Crippen LogP contribution >= 0.6 is 0 Å². The van der Waals surface area contributed by atoms with E-state index in [2.05, 4.69) is 40.4 Å². The van der Waals surface area contributed by atoms with Crippen LogP contribution in [0.2, 0.25) is 18.1 Å². The van der Waals surface area contributed by atoms with Gasteiger partial charge in [0, 0.05) is 0 Å². The molecule has 0 aromatic carbocycles. The lowest BCUT2D eigenvalue weighted by atomic mass is 9.94. The Labute approximate surface area is 179 Å². The summed E-state index contributed by atoms with van der Waals surface area (Å²) in [6, 6.07) is 0. The summed E-state index contributed by atoms with van der Waals surface area (Å²) < 4.78 is 17.0. The van der Waals surface area contributed by atoms with E-state index in [0.29, 0.717) is 13.0 Å². The van der Waals surface area contributed by atoms with Gasteiger partial charge in [0.15, 0.2) is 8.32 Å². The second kappa shape index (κ2) is 11.9. The Bertz CT molecular complexity index is 528. The number of hydrogen-bond donors (Lipinski definition) is 0. The minimum atomic E-state index is -2.04. The standard InChI is InChI=1S/C23H44O5Si/c1-11-15-18(20(24)26-8)19(28-29(9,10)23(5,6)7)16-13-12-14-17-27-21(25)22(2,3)4/h11,18-19H,1,12-17H2,2-10H3/t18-,19+/m0/s1. The highest BCUT2D eigenvalue weighted by Gasteiger charge is 2.41. The summed E-state index contributed by atoms with van der Waals surface area (Å²) in [7, 11) is -0.619. The summed E-state index contributed by atoms with van der Waals surface area (Å²) >= 11 is 0. The smallest absolute Gasteiger partial charge is 0.311 e. The fourth-order valence-electron chi connectivity index (χ4n) is 2.63. The normalized spacial score (nSPS) is 14.8. The molecular formula is C23H44O5Si. The largest absolute Gasteiger partial charge is 0.469 e. The highest BCUT2D eigenvalue weighted by Crippen LogP contribution is 2.39. The molecule has 0 rings (SSSR count). The van der Waals surface area contributed by atoms with E-state index in [1.165, 1.54) is 7.11 Å². The molecule has 0 amide bonds. The van der Waals surface area contributed by atoms with Gasteiger partial charge >= 0.3 is 11.9 Å². The van der Waals surface area contributed by atoms with Gasteiger partial charge in [-0.3, -0.25) is 9.59 Å². The van der Waals surface area contributed by atoms with Crippen molar-refractivity contribution in [2.24, 2.45) is 11.3 Å². The van der Waals surface area contributed by atoms with Gasteiger partial charge in [-0.2, -0.15) is 0 Å². The summed E-state index contributed by atoms with van der Waals surface area (Å²) in [6.45, 7) is 20.8. The van der Waals surface area contributed by atoms with Crippen LogP contribution in [0.25, 0.3) is 0 Å². The van der Waals surface area contributed by atoms with E-state index >= 15 is 0 Å². The molecule has 0 radical (unpaired) electrons. The van der Waals surface area contributed by atoms with Crippen LogP contribution in [0, 0.1) is 11.3 Å². The Morgan fingerprint density at radius 3 is 2.07 bits per heavy atom. The lowest BCUT2D eigenvalue weighted by molar-refractivity contribution is -0.153. The third-order valence-corrected chi connectivity index (χ3v) is 10.1. The predicted octanol–water partition coefficient (Wildman–Crippen LogP) is 5.89. The van der Waals surface area contributed by atoms with Crippen LogP contribution in [0.5, 0.6) is 0 Å². The molecule has 2 atom stereocenters. The highest BCUT2D eigenvalue weighted by atomic mass is 28.4. The van der Waals surface area contributed by atoms with Crippen LogP contribution in [0.3, 0.4) is 0 Å². The van der Waals surface area contributed by atoms with Gasteiger partial charge in [-0.15, -0.1) is 6.58 Å². The monoisotopic (exact) mass is 428 g/mol. The van der Waals surface area contributed by atoms with E-state index in [4.69, 9.17) is 13.9 Å². The molecular weight excluding hydrogens is 384 g/mol. The average molecular weight is 429 g/mol. The Hall–Kier alpha value is -1.14. The van der Waals surface area contributed by atoms with E-state index in [-0.39, 0.29) is 29.0 Å². The minimum Gasteiger partial charge on any atom is -0.469 e. The van der Waals surface area contributed by atoms with Gasteiger partial charge in [-0.05, 0) is 64.6 Å². The van der Waals surface area contributed by atoms with Crippen LogP contribution in [0.4, 0.5) is 0 Å². The van der Waals surface area contributed by atoms with Crippen molar-refractivity contribution >= 4 is 20.3 Å². The van der Waals surface area contributed by atoms with Crippen molar-refractivity contribution in [1.29, 1.82) is 0 Å². The van der Waals surface area contributed by atoms with E-state index in [0.717, 1.165) is 25.7 Å². The fourth-order valence-corrected chi connectivity index (χ4v) is 4.03. The number of unbranched alkanes of at least 4 members (excludes halogenated alkanes) is 2. The van der Waals surface area contributed by atoms with E-state index < -0.39 is 13.7 Å². The van der Waals surface area contributed by atoms with Gasteiger partial charge in [0.05, 0.1) is 31.2 Å². The quantitative estimate of drug-likeness (QED) is 0.168. The molecule has 0 spiro atoms. The highest BCUT2D eigenvalue weighted by molar-refractivity contribution is 6.74. The van der Waals surface area contributed by atoms with Crippen LogP contribution in [0.1, 0.15) is 73.6 Å². The van der Waals surface area contributed by atoms with Crippen LogP contribution in [-0.4, -0.2) is 40.1 Å². The zero-order valence-electron chi connectivity index (χ0n) is 20.2. The summed E-state index contributed by atoms with van der Waals surface area (Å²) in [6.07, 6.45) is 5.49. The number of esters is 2. The maximum atomic E-state index is 12.4. The molecule has 0 bridgehead atoms. The van der Waals surface area contributed by atoms with Crippen molar-refractivity contribution in [3.05, 3.63) is 12.7 Å². The first kappa shape index (κ1) is 27.9. The Balaban J connectivity index is 4.93. The fraction of sp³-hybridized carbons (Fsp3) is 0.826. The van der Waals surface area contributed by atoms with Crippen molar-refractivity contribution in [3.63, 3.8) is 0 Å². The van der Waals surface area contributed by atoms with Gasteiger partial charge in [0.25, 0.3) is 0 Å². The molecule has 0 aliphatic heterocycles. The summed E-state index contributed by atoms with van der Waals surface area (Å²) in [5.41, 5.74) is -0.472. The van der Waals surface area contributed by atoms with Gasteiger partial charge in [-0.25, -0.2) is 0 Å². The van der Waals surface area contributed by atoms with Gasteiger partial charge in [-0.1, -0.05) is 33.3 Å². The van der Waals surface area contributed by atoms with Crippen LogP contribution in [-0.2, 0) is 23.5 Å². The Kier molecular flexibility index (Phi) is 11.4. The van der Waals surface area contributed by atoms with Crippen molar-refractivity contribution in [1.82, 2.24) is 0 Å². The molecule has 170 valence electrons. The molecule has 6 heteroatoms. The molecule has 0 aromatic heterocycles. The van der Waals surface area contributed by atoms with Gasteiger partial charge < -0.3 is 13.9 Å². The lowest BCUT2D eigenvalue weighted by Crippen LogP contribution is -2.47. The number of carbonyl (C=O) groups is 2. The zero-order valence-corrected chi connectivity index (χ0v) is 21.2. The summed E-state index contributed by atoms with van der Waals surface area (Å²) in [5, 5.41) is 0.0568. The number of carbonyl (C=O) groups excluding carboxylic acids is 2. The first-order valence-electron chi connectivity index (χ1n) is 10.7. The van der Waals surface area contributed by atoms with Crippen molar-refractivity contribution < 1.29 is 23.5 Å². The number of rotatable bonds is 12. The lowest BCUT2D eigenvalue weighted by Gasteiger charge is -2.41. The van der Waals surface area contributed by atoms with E-state index in [1.807, 2.05) is 20.8 Å². The molecule has 0 aliphatic rings. The number of ether oxygens (including phenoxy) is 2. The summed E-state index contributed by atoms with van der Waals surface area (Å²) in [5.74, 6) is -0.758. The minimum absolute atomic E-state index is 0.0568. The first-order valence-corrected chi connectivity index (χ1v) is 13.6. The molecule has 0 saturated heterocycles. The van der Waals surface area contributed by atoms with Crippen molar-refractivity contribution in [3.8, 4) is 0 Å². The molecule has 0 fully saturated rings. The number of allylic oxidation sites excluding steroid dienone is 1. The van der Waals surface area contributed by atoms with Crippen LogP contribution < -0.4 is 0 Å². The molecule has 0 N–H and O–H groups in total. The molecule has 5 nitrogen and oxygen atoms in total. The van der Waals surface area contributed by atoms with Gasteiger partial charge in [0.2, 0.25) is 0 Å². The van der Waals surface area contributed by atoms with Crippen molar-refractivity contribution in [2.45, 2.75) is 97.9 Å². The number of hydrogen-bond acceptors (Lipinski definition) is 5. The SMILES string of the molecule is C=CC[C@H](C(=O)OC)[C@@H](CCCCCOC(=O)C(C)(C)C)O[Si](C)(C)C(C)(C)C. The third-order valence-electron chi connectivity index (χ3n) is 5.60. The third kappa shape index (κ3) is 9.94. The summed E-state index contributed by atoms with van der Waals surface area (Å²) in [4.78, 5) is 24.2. The second-order valence-corrected chi connectivity index (χ2v) is 15.1. The van der Waals surface area contributed by atoms with E-state index in [9.17, 15) is 9.59 Å². The van der Waals surface area contributed by atoms with E-state index in [1.54, 1.807) is 6.08 Å². The maximum Gasteiger partial charge on any atom is 0.311 e. The van der Waals surface area contributed by atoms with Crippen molar-refractivity contribution in [2.75, 3.05) is 13.7 Å². The topological polar surface area (TPSA) is 61.8 Å². The Morgan fingerprint density at radius 1 is 1.03 bits per heavy atom. The molecule has 29 heavy (non-hydrogen) atoms. The molecule has 0 aromatic rings. The predicted molar refractivity (Wildman–Crippen MR) is 121 cm³/mol. The zero-order chi connectivity index (χ0) is 22.9. The van der Waals surface area contributed by atoms with Gasteiger partial charge in [0.1, 0.15) is 0 Å². The van der Waals surface area contributed by atoms with Crippen LogP contribution in [0.15, 0.2) is 12.7 Å². The molecule has 0 heterocycles.